The molecule has 0 fully saturated rings. The minimum absolute atomic E-state index is 0.203. The number of fused-ring (bicyclic) bond motifs is 13. The molecule has 0 N–H and O–H groups in total. The molecule has 4 heterocycles. The summed E-state index contributed by atoms with van der Waals surface area (Å²) in [6, 6.07) is 79.5. The van der Waals surface area contributed by atoms with Crippen molar-refractivity contribution in [3.8, 4) is 73.2 Å². The largest absolute Gasteiger partial charge is 0.308 e. The van der Waals surface area contributed by atoms with Gasteiger partial charge >= 0.3 is 0 Å². The first-order valence-corrected chi connectivity index (χ1v) is 26.1. The van der Waals surface area contributed by atoms with Gasteiger partial charge in [-0.05, 0) is 81.9 Å². The van der Waals surface area contributed by atoms with Gasteiger partial charge in [-0.1, -0.05) is 184 Å². The molecular formula is C66H42N4S2. The maximum Gasteiger partial charge on any atom is 0.164 e. The number of thiophene rings is 2. The fraction of sp³-hybridized carbons (Fsp3) is 0.0455. The van der Waals surface area contributed by atoms with Crippen molar-refractivity contribution in [2.45, 2.75) is 19.3 Å². The Hall–Kier alpha value is -8.55. The molecule has 4 aromatic heterocycles. The molecule has 72 heavy (non-hydrogen) atoms. The molecule has 0 radical (unpaired) electrons. The van der Waals surface area contributed by atoms with Crippen molar-refractivity contribution in [3.63, 3.8) is 0 Å². The zero-order valence-corrected chi connectivity index (χ0v) is 41.0. The second-order valence-electron chi connectivity index (χ2n) is 19.5. The number of para-hydroxylation sites is 1. The Morgan fingerprint density at radius 2 is 0.833 bits per heavy atom. The molecule has 15 rings (SSSR count). The second kappa shape index (κ2) is 15.7. The van der Waals surface area contributed by atoms with E-state index in [1.165, 1.54) is 78.9 Å². The SMILES string of the molecule is CC1(C)c2ccccc2-c2ccc3c(c21)c1ccccc1n3-c1c(-c2ccccc2)cc(-c2nc(-c3ccc4c(c3)sc3ccccc34)nc(-c3ccc4c(c3)sc3ccccc34)n2)cc1-c1ccccc1. The Balaban J connectivity index is 1.02. The fourth-order valence-corrected chi connectivity index (χ4v) is 14.0. The van der Waals surface area contributed by atoms with E-state index in [1.54, 1.807) is 22.7 Å². The van der Waals surface area contributed by atoms with Crippen LogP contribution in [0.25, 0.3) is 135 Å². The Morgan fingerprint density at radius 3 is 1.43 bits per heavy atom. The normalized spacial score (nSPS) is 13.0. The molecule has 14 aromatic rings. The van der Waals surface area contributed by atoms with E-state index in [4.69, 9.17) is 15.0 Å². The van der Waals surface area contributed by atoms with Gasteiger partial charge in [0.15, 0.2) is 17.5 Å². The van der Waals surface area contributed by atoms with Gasteiger partial charge in [-0.25, -0.2) is 15.0 Å². The number of nitrogens with zero attached hydrogens (tertiary/aromatic N) is 4. The molecule has 0 atom stereocenters. The average Bonchev–Trinajstić information content (AvgIpc) is 4.17. The molecule has 338 valence electrons. The van der Waals surface area contributed by atoms with Crippen LogP contribution in [-0.4, -0.2) is 19.5 Å². The summed E-state index contributed by atoms with van der Waals surface area (Å²) in [6.45, 7) is 4.78. The molecule has 10 aromatic carbocycles. The lowest BCUT2D eigenvalue weighted by Crippen LogP contribution is -2.15. The van der Waals surface area contributed by atoms with E-state index >= 15 is 0 Å². The molecule has 0 unspecified atom stereocenters. The second-order valence-corrected chi connectivity index (χ2v) is 21.6. The lowest BCUT2D eigenvalue weighted by Gasteiger charge is -2.23. The lowest BCUT2D eigenvalue weighted by atomic mass is 9.80. The van der Waals surface area contributed by atoms with E-state index in [0.717, 1.165) is 50.1 Å². The fourth-order valence-electron chi connectivity index (χ4n) is 11.7. The molecule has 1 aliphatic carbocycles. The van der Waals surface area contributed by atoms with Crippen molar-refractivity contribution in [3.05, 3.63) is 230 Å². The summed E-state index contributed by atoms with van der Waals surface area (Å²) in [5.74, 6) is 1.89. The minimum atomic E-state index is -0.203. The van der Waals surface area contributed by atoms with Gasteiger partial charge in [-0.15, -0.1) is 22.7 Å². The Labute approximate surface area is 423 Å². The van der Waals surface area contributed by atoms with E-state index in [1.807, 2.05) is 0 Å². The molecule has 0 aliphatic heterocycles. The Morgan fingerprint density at radius 1 is 0.347 bits per heavy atom. The molecule has 6 heteroatoms. The van der Waals surface area contributed by atoms with Gasteiger partial charge in [0.25, 0.3) is 0 Å². The highest BCUT2D eigenvalue weighted by Gasteiger charge is 2.38. The Bertz CT molecular complexity index is 4350. The summed E-state index contributed by atoms with van der Waals surface area (Å²) in [6.07, 6.45) is 0. The quantitative estimate of drug-likeness (QED) is 0.167. The molecule has 4 nitrogen and oxygen atoms in total. The summed E-state index contributed by atoms with van der Waals surface area (Å²) in [4.78, 5) is 16.3. The molecular weight excluding hydrogens is 913 g/mol. The van der Waals surface area contributed by atoms with Crippen LogP contribution in [0.5, 0.6) is 0 Å². The number of hydrogen-bond donors (Lipinski definition) is 0. The highest BCUT2D eigenvalue weighted by atomic mass is 32.1. The lowest BCUT2D eigenvalue weighted by molar-refractivity contribution is 0.666. The smallest absolute Gasteiger partial charge is 0.164 e. The molecule has 0 saturated heterocycles. The van der Waals surface area contributed by atoms with Crippen molar-refractivity contribution in [2.24, 2.45) is 0 Å². The number of aromatic nitrogens is 4. The average molecular weight is 955 g/mol. The molecule has 0 saturated carbocycles. The zero-order chi connectivity index (χ0) is 47.7. The highest BCUT2D eigenvalue weighted by Crippen LogP contribution is 2.54. The van der Waals surface area contributed by atoms with E-state index < -0.39 is 0 Å². The van der Waals surface area contributed by atoms with Crippen LogP contribution < -0.4 is 0 Å². The Kier molecular flexibility index (Phi) is 9.01. The first kappa shape index (κ1) is 41.3. The maximum atomic E-state index is 5.47. The van der Waals surface area contributed by atoms with Crippen LogP contribution >= 0.6 is 22.7 Å². The van der Waals surface area contributed by atoms with E-state index in [0.29, 0.717) is 17.5 Å². The predicted molar refractivity (Wildman–Crippen MR) is 305 cm³/mol. The minimum Gasteiger partial charge on any atom is -0.308 e. The number of rotatable bonds is 6. The van der Waals surface area contributed by atoms with E-state index in [-0.39, 0.29) is 5.41 Å². The van der Waals surface area contributed by atoms with Crippen LogP contribution in [0.1, 0.15) is 25.0 Å². The molecule has 1 aliphatic rings. The summed E-state index contributed by atoms with van der Waals surface area (Å²) in [5, 5.41) is 7.54. The third kappa shape index (κ3) is 6.19. The van der Waals surface area contributed by atoms with Crippen molar-refractivity contribution in [2.75, 3.05) is 0 Å². The summed E-state index contributed by atoms with van der Waals surface area (Å²) < 4.78 is 7.47. The van der Waals surface area contributed by atoms with Crippen LogP contribution in [0.3, 0.4) is 0 Å². The van der Waals surface area contributed by atoms with Gasteiger partial charge in [0.2, 0.25) is 0 Å². The molecule has 0 amide bonds. The van der Waals surface area contributed by atoms with Gasteiger partial charge in [0.1, 0.15) is 0 Å². The van der Waals surface area contributed by atoms with E-state index in [2.05, 4.69) is 237 Å². The van der Waals surface area contributed by atoms with Gasteiger partial charge in [-0.2, -0.15) is 0 Å². The third-order valence-electron chi connectivity index (χ3n) is 15.0. The molecule has 0 bridgehead atoms. The van der Waals surface area contributed by atoms with E-state index in [9.17, 15) is 0 Å². The van der Waals surface area contributed by atoms with Crippen LogP contribution in [0.2, 0.25) is 0 Å². The summed E-state index contributed by atoms with van der Waals surface area (Å²) >= 11 is 3.61. The first-order chi connectivity index (χ1) is 35.4. The summed E-state index contributed by atoms with van der Waals surface area (Å²) in [7, 11) is 0. The highest BCUT2D eigenvalue weighted by molar-refractivity contribution is 7.26. The van der Waals surface area contributed by atoms with Gasteiger partial charge in [0.05, 0.1) is 16.7 Å². The van der Waals surface area contributed by atoms with Crippen molar-refractivity contribution in [1.29, 1.82) is 0 Å². The van der Waals surface area contributed by atoms with Gasteiger partial charge in [0, 0.05) is 84.3 Å². The number of benzene rings is 10. The predicted octanol–water partition coefficient (Wildman–Crippen LogP) is 18.3. The van der Waals surface area contributed by atoms with Crippen LogP contribution in [0, 0.1) is 0 Å². The first-order valence-electron chi connectivity index (χ1n) is 24.5. The molecule has 0 spiro atoms. The topological polar surface area (TPSA) is 43.6 Å². The third-order valence-corrected chi connectivity index (χ3v) is 17.3. The standard InChI is InChI=1S/C66H42N4S2/c1-66(2)53-25-13-9-21-44(53)49-33-34-55-60(61(49)66)50-24-10-14-26-54(50)70(55)62-51(39-17-5-3-6-18-39)35-43(36-52(62)40-19-7-4-8-20-40)65-68-63(41-29-31-47-45-22-11-15-27-56(45)71-58(47)37-41)67-64(69-65)42-30-32-48-46-23-12-16-28-57(46)72-59(48)38-42/h3-38H,1-2H3. The zero-order valence-electron chi connectivity index (χ0n) is 39.4. The maximum absolute atomic E-state index is 5.47. The van der Waals surface area contributed by atoms with Crippen LogP contribution in [0.15, 0.2) is 218 Å². The van der Waals surface area contributed by atoms with Crippen molar-refractivity contribution in [1.82, 2.24) is 19.5 Å². The van der Waals surface area contributed by atoms with Crippen LogP contribution in [-0.2, 0) is 5.41 Å². The van der Waals surface area contributed by atoms with Gasteiger partial charge in [-0.3, -0.25) is 0 Å². The number of hydrogen-bond acceptors (Lipinski definition) is 5. The summed E-state index contributed by atoms with van der Waals surface area (Å²) in [5.41, 5.74) is 15.8. The van der Waals surface area contributed by atoms with Crippen LogP contribution in [0.4, 0.5) is 0 Å². The van der Waals surface area contributed by atoms with Crippen molar-refractivity contribution < 1.29 is 0 Å². The van der Waals surface area contributed by atoms with Crippen molar-refractivity contribution >= 4 is 84.8 Å². The van der Waals surface area contributed by atoms with Gasteiger partial charge < -0.3 is 4.57 Å². The monoisotopic (exact) mass is 954 g/mol.